The molecule has 0 spiro atoms. The Labute approximate surface area is 177 Å². The summed E-state index contributed by atoms with van der Waals surface area (Å²) in [5.74, 6) is -0.235. The van der Waals surface area contributed by atoms with Crippen LogP contribution in [0.15, 0.2) is 110 Å². The Hall–Kier alpha value is -2.93. The molecule has 0 N–H and O–H groups in total. The number of hydrogen-bond acceptors (Lipinski definition) is 1. The van der Waals surface area contributed by atoms with E-state index in [0.29, 0.717) is 6.61 Å². The molecular weight excluding hydrogens is 390 g/mol. The summed E-state index contributed by atoms with van der Waals surface area (Å²) in [6.07, 6.45) is 6.20. The van der Waals surface area contributed by atoms with Gasteiger partial charge in [0.2, 0.25) is 0 Å². The van der Waals surface area contributed by atoms with Crippen LogP contribution >= 0.6 is 7.11 Å². The molecule has 0 fully saturated rings. The van der Waals surface area contributed by atoms with Gasteiger partial charge in [0.15, 0.2) is 0 Å². The third-order valence-corrected chi connectivity index (χ3v) is 8.55. The zero-order valence-corrected chi connectivity index (χ0v) is 17.9. The van der Waals surface area contributed by atoms with Gasteiger partial charge in [-0.15, -0.1) is 6.58 Å². The Balaban J connectivity index is 2.01. The van der Waals surface area contributed by atoms with Crippen LogP contribution in [0.4, 0.5) is 4.39 Å². The second-order valence-corrected chi connectivity index (χ2v) is 10.3. The molecular formula is C27H24FOP. The maximum atomic E-state index is 13.5. The molecule has 4 rings (SSSR count). The first-order valence-electron chi connectivity index (χ1n) is 9.92. The molecule has 0 radical (unpaired) electrons. The molecule has 3 heteroatoms. The molecule has 3 aromatic rings. The van der Waals surface area contributed by atoms with Gasteiger partial charge >= 0.3 is 0 Å². The standard InChI is InChI=1S/C27H24FOP/c1-3-18-29-30(2)26(22-10-6-4-7-11-22)19-24(21-14-16-25(28)17-15-21)20-27(30)23-12-8-5-9-13-23/h3-17,19-20H,1,18H2,2H3. The van der Waals surface area contributed by atoms with Gasteiger partial charge in [0.1, 0.15) is 5.82 Å². The van der Waals surface area contributed by atoms with Gasteiger partial charge in [-0.05, 0) is 53.2 Å². The molecule has 1 aliphatic rings. The SMILES string of the molecule is C=CCOP1(C)=C(c2ccccc2)C=C(c2ccc(F)cc2)C=C1c1ccccc1. The first-order valence-corrected chi connectivity index (χ1v) is 12.1. The molecule has 0 amide bonds. The van der Waals surface area contributed by atoms with Gasteiger partial charge in [-0.1, -0.05) is 78.9 Å². The van der Waals surface area contributed by atoms with Crippen molar-refractivity contribution in [2.24, 2.45) is 0 Å². The molecule has 0 saturated heterocycles. The highest BCUT2D eigenvalue weighted by molar-refractivity contribution is 7.81. The van der Waals surface area contributed by atoms with Crippen molar-refractivity contribution in [2.45, 2.75) is 0 Å². The van der Waals surface area contributed by atoms with Gasteiger partial charge in [0, 0.05) is 17.7 Å². The third-order valence-electron chi connectivity index (χ3n) is 5.27. The van der Waals surface area contributed by atoms with E-state index in [2.05, 4.69) is 49.7 Å². The third kappa shape index (κ3) is 4.03. The molecule has 0 bridgehead atoms. The highest BCUT2D eigenvalue weighted by Crippen LogP contribution is 2.62. The molecule has 30 heavy (non-hydrogen) atoms. The van der Waals surface area contributed by atoms with Crippen LogP contribution in [-0.2, 0) is 4.52 Å². The average molecular weight is 414 g/mol. The lowest BCUT2D eigenvalue weighted by atomic mass is 10.0. The normalized spacial score (nSPS) is 18.5. The van der Waals surface area contributed by atoms with E-state index in [1.807, 2.05) is 48.5 Å². The molecule has 1 atom stereocenters. The summed E-state index contributed by atoms with van der Waals surface area (Å²) in [6, 6.07) is 27.4. The topological polar surface area (TPSA) is 9.23 Å². The Bertz CT molecular complexity index is 1160. The minimum Gasteiger partial charge on any atom is -0.353 e. The van der Waals surface area contributed by atoms with Gasteiger partial charge in [-0.25, -0.2) is 4.39 Å². The Kier molecular flexibility index (Phi) is 5.99. The molecule has 3 aromatic carbocycles. The molecule has 0 saturated carbocycles. The van der Waals surface area contributed by atoms with Gasteiger partial charge in [-0.2, -0.15) is 0 Å². The Morgan fingerprint density at radius 1 is 0.800 bits per heavy atom. The van der Waals surface area contributed by atoms with Crippen molar-refractivity contribution in [3.8, 4) is 0 Å². The van der Waals surface area contributed by atoms with Crippen molar-refractivity contribution in [3.05, 3.63) is 132 Å². The average Bonchev–Trinajstić information content (AvgIpc) is 2.79. The Morgan fingerprint density at radius 3 is 2.00 bits per heavy atom. The first kappa shape index (κ1) is 20.3. The molecule has 0 aliphatic carbocycles. The highest BCUT2D eigenvalue weighted by atomic mass is 31.2. The minimum absolute atomic E-state index is 0.235. The summed E-state index contributed by atoms with van der Waals surface area (Å²) in [5, 5.41) is 2.34. The van der Waals surface area contributed by atoms with E-state index in [-0.39, 0.29) is 5.82 Å². The van der Waals surface area contributed by atoms with Crippen molar-refractivity contribution in [2.75, 3.05) is 13.3 Å². The van der Waals surface area contributed by atoms with E-state index in [0.717, 1.165) is 22.3 Å². The first-order chi connectivity index (χ1) is 14.6. The van der Waals surface area contributed by atoms with E-state index in [1.54, 1.807) is 6.08 Å². The van der Waals surface area contributed by atoms with Gasteiger partial charge < -0.3 is 4.52 Å². The summed E-state index contributed by atoms with van der Waals surface area (Å²) in [6.45, 7) is 6.55. The van der Waals surface area contributed by atoms with E-state index in [1.165, 1.54) is 22.7 Å². The number of benzene rings is 3. The maximum absolute atomic E-state index is 13.5. The number of allylic oxidation sites excluding steroid dienone is 3. The van der Waals surface area contributed by atoms with E-state index >= 15 is 0 Å². The van der Waals surface area contributed by atoms with Crippen molar-refractivity contribution in [1.82, 2.24) is 0 Å². The fourth-order valence-electron chi connectivity index (χ4n) is 3.74. The molecule has 1 nitrogen and oxygen atoms in total. The number of rotatable bonds is 6. The van der Waals surface area contributed by atoms with Crippen LogP contribution in [0.1, 0.15) is 16.7 Å². The van der Waals surface area contributed by atoms with Crippen LogP contribution in [0, 0.1) is 5.82 Å². The minimum atomic E-state index is -2.16. The summed E-state index contributed by atoms with van der Waals surface area (Å²) in [5.41, 5.74) is 4.30. The predicted molar refractivity (Wildman–Crippen MR) is 128 cm³/mol. The summed E-state index contributed by atoms with van der Waals surface area (Å²) >= 11 is 0. The zero-order chi connectivity index (χ0) is 21.0. The maximum Gasteiger partial charge on any atom is 0.123 e. The summed E-state index contributed by atoms with van der Waals surface area (Å²) < 4.78 is 20.1. The largest absolute Gasteiger partial charge is 0.353 e. The van der Waals surface area contributed by atoms with Crippen LogP contribution in [-0.4, -0.2) is 18.6 Å². The second kappa shape index (κ2) is 8.83. The molecule has 1 aliphatic heterocycles. The lowest BCUT2D eigenvalue weighted by Crippen LogP contribution is -2.10. The van der Waals surface area contributed by atoms with Gasteiger partial charge in [0.25, 0.3) is 0 Å². The van der Waals surface area contributed by atoms with Crippen LogP contribution in [0.25, 0.3) is 10.9 Å². The van der Waals surface area contributed by atoms with Gasteiger partial charge in [-0.3, -0.25) is 0 Å². The highest BCUT2D eigenvalue weighted by Gasteiger charge is 2.28. The quantitative estimate of drug-likeness (QED) is 0.305. The van der Waals surface area contributed by atoms with E-state index in [4.69, 9.17) is 4.52 Å². The zero-order valence-electron chi connectivity index (χ0n) is 17.0. The molecule has 0 aromatic heterocycles. The van der Waals surface area contributed by atoms with Crippen LogP contribution in [0.3, 0.4) is 0 Å². The molecule has 150 valence electrons. The monoisotopic (exact) mass is 414 g/mol. The van der Waals surface area contributed by atoms with Crippen molar-refractivity contribution < 1.29 is 8.91 Å². The Morgan fingerprint density at radius 2 is 1.40 bits per heavy atom. The van der Waals surface area contributed by atoms with Crippen molar-refractivity contribution in [1.29, 1.82) is 0 Å². The molecule has 1 heterocycles. The van der Waals surface area contributed by atoms with Crippen molar-refractivity contribution in [3.63, 3.8) is 0 Å². The predicted octanol–water partition coefficient (Wildman–Crippen LogP) is 7.25. The smallest absolute Gasteiger partial charge is 0.123 e. The van der Waals surface area contributed by atoms with Gasteiger partial charge in [0.05, 0.1) is 6.61 Å². The fourth-order valence-corrected chi connectivity index (χ4v) is 6.74. The fraction of sp³-hybridized carbons (Fsp3) is 0.0741. The molecule has 1 unspecified atom stereocenters. The summed E-state index contributed by atoms with van der Waals surface area (Å²) in [4.78, 5) is 0. The van der Waals surface area contributed by atoms with Crippen molar-refractivity contribution >= 4 is 23.3 Å². The van der Waals surface area contributed by atoms with Crippen LogP contribution in [0.5, 0.6) is 0 Å². The number of halogens is 1. The lowest BCUT2D eigenvalue weighted by molar-refractivity contribution is 0.410. The van der Waals surface area contributed by atoms with E-state index < -0.39 is 7.11 Å². The lowest BCUT2D eigenvalue weighted by Gasteiger charge is -2.32. The van der Waals surface area contributed by atoms with Crippen LogP contribution in [0.2, 0.25) is 0 Å². The number of hydrogen-bond donors (Lipinski definition) is 0. The summed E-state index contributed by atoms with van der Waals surface area (Å²) in [7, 11) is -2.16. The van der Waals surface area contributed by atoms with Crippen LogP contribution < -0.4 is 0 Å². The van der Waals surface area contributed by atoms with E-state index in [9.17, 15) is 4.39 Å². The second-order valence-electron chi connectivity index (χ2n) is 7.26.